The van der Waals surface area contributed by atoms with Crippen LogP contribution in [0.3, 0.4) is 0 Å². The smallest absolute Gasteiger partial charge is 0.387 e. The second-order valence-corrected chi connectivity index (χ2v) is 6.97. The van der Waals surface area contributed by atoms with Crippen molar-refractivity contribution in [1.29, 1.82) is 0 Å². The highest BCUT2D eigenvalue weighted by Gasteiger charge is 2.50. The number of nitrogens with one attached hydrogen (secondary N) is 1. The van der Waals surface area contributed by atoms with Gasteiger partial charge in [-0.3, -0.25) is 19.0 Å². The fourth-order valence-corrected chi connectivity index (χ4v) is 3.16. The van der Waals surface area contributed by atoms with Crippen molar-refractivity contribution in [2.75, 3.05) is 11.5 Å². The topological polar surface area (TPSA) is 183 Å². The van der Waals surface area contributed by atoms with Gasteiger partial charge in [0.1, 0.15) is 30.0 Å². The van der Waals surface area contributed by atoms with Gasteiger partial charge in [-0.15, -0.1) is 0 Å². The Balaban J connectivity index is 1.87. The first-order valence-electron chi connectivity index (χ1n) is 7.22. The third-order valence-corrected chi connectivity index (χ3v) is 4.42. The van der Waals surface area contributed by atoms with E-state index in [9.17, 15) is 24.4 Å². The third-order valence-electron chi connectivity index (χ3n) is 3.94. The van der Waals surface area contributed by atoms with E-state index >= 15 is 0 Å². The average molecular weight is 377 g/mol. The minimum atomic E-state index is -4.80. The molecular formula is C12H16N3O9P. The summed E-state index contributed by atoms with van der Waals surface area (Å²) in [5.74, 6) is -0.302. The summed E-state index contributed by atoms with van der Waals surface area (Å²) < 4.78 is 20.4. The second kappa shape index (κ2) is 6.25. The predicted molar refractivity (Wildman–Crippen MR) is 79.5 cm³/mol. The van der Waals surface area contributed by atoms with Crippen molar-refractivity contribution in [2.45, 2.75) is 37.9 Å². The molecule has 1 fully saturated rings. The molecule has 12 nitrogen and oxygen atoms in total. The summed E-state index contributed by atoms with van der Waals surface area (Å²) in [4.78, 5) is 49.1. The van der Waals surface area contributed by atoms with Crippen molar-refractivity contribution in [2.24, 2.45) is 0 Å². The molecule has 2 aliphatic heterocycles. The maximum atomic E-state index is 12.3. The molecule has 0 aliphatic carbocycles. The molecule has 0 saturated carbocycles. The van der Waals surface area contributed by atoms with Crippen molar-refractivity contribution in [3.05, 3.63) is 21.7 Å². The largest absolute Gasteiger partial charge is 0.469 e. The number of anilines is 1. The molecule has 1 unspecified atom stereocenters. The van der Waals surface area contributed by atoms with E-state index in [2.05, 4.69) is 14.5 Å². The zero-order valence-electron chi connectivity index (χ0n) is 12.9. The van der Waals surface area contributed by atoms with Crippen molar-refractivity contribution in [1.82, 2.24) is 9.97 Å². The summed E-state index contributed by atoms with van der Waals surface area (Å²) in [7, 11) is -4.80. The Hall–Kier alpha value is -1.66. The van der Waals surface area contributed by atoms with E-state index in [1.807, 2.05) is 0 Å². The average Bonchev–Trinajstić information content (AvgIpc) is 2.95. The Morgan fingerprint density at radius 3 is 2.68 bits per heavy atom. The van der Waals surface area contributed by atoms with E-state index in [1.54, 1.807) is 0 Å². The molecule has 138 valence electrons. The monoisotopic (exact) mass is 377 g/mol. The first kappa shape index (κ1) is 18.1. The Kier molecular flexibility index (Phi) is 4.54. The van der Waals surface area contributed by atoms with Crippen LogP contribution in [0.15, 0.2) is 4.79 Å². The predicted octanol–water partition coefficient (Wildman–Crippen LogP) is -2.48. The number of aliphatic hydroxyl groups is 2. The first-order chi connectivity index (χ1) is 11.6. The van der Waals surface area contributed by atoms with Crippen LogP contribution in [0, 0.1) is 6.92 Å². The number of hydrogen-bond acceptors (Lipinski definition) is 8. The molecule has 0 bridgehead atoms. The van der Waals surface area contributed by atoms with Crippen molar-refractivity contribution in [3.8, 4) is 0 Å². The van der Waals surface area contributed by atoms with Crippen LogP contribution >= 0.6 is 7.82 Å². The van der Waals surface area contributed by atoms with E-state index in [-0.39, 0.29) is 23.6 Å². The lowest BCUT2D eigenvalue weighted by molar-refractivity contribution is -0.121. The summed E-state index contributed by atoms with van der Waals surface area (Å²) >= 11 is 0. The van der Waals surface area contributed by atoms with Gasteiger partial charge in [-0.25, -0.2) is 9.55 Å². The molecule has 2 aliphatic rings. The number of hydrogen-bond donors (Lipinski definition) is 5. The minimum Gasteiger partial charge on any atom is -0.387 e. The highest BCUT2D eigenvalue weighted by molar-refractivity contribution is 7.46. The van der Waals surface area contributed by atoms with Crippen LogP contribution in [0.1, 0.15) is 11.4 Å². The van der Waals surface area contributed by atoms with Gasteiger partial charge >= 0.3 is 7.82 Å². The van der Waals surface area contributed by atoms with Gasteiger partial charge in [0.05, 0.1) is 18.6 Å². The lowest BCUT2D eigenvalue weighted by Crippen LogP contribution is -2.46. The zero-order chi connectivity index (χ0) is 18.5. The highest BCUT2D eigenvalue weighted by Crippen LogP contribution is 2.38. The number of aromatic amines is 1. The van der Waals surface area contributed by atoms with E-state index in [1.165, 1.54) is 6.92 Å². The SMILES string of the molecule is Cc1nc2c(c(=O)[nH]1)CC(=O)N2[C@@H]1OC(COP(=O)(O)O)[C@@H](O)[C@H]1O. The molecule has 1 aromatic rings. The summed E-state index contributed by atoms with van der Waals surface area (Å²) in [5.41, 5.74) is -0.386. The normalized spacial score (nSPS) is 29.3. The molecular weight excluding hydrogens is 361 g/mol. The molecule has 3 heterocycles. The fourth-order valence-electron chi connectivity index (χ4n) is 2.82. The number of H-pyrrole nitrogens is 1. The van der Waals surface area contributed by atoms with Gasteiger partial charge in [0.2, 0.25) is 5.91 Å². The maximum absolute atomic E-state index is 12.3. The van der Waals surface area contributed by atoms with Gasteiger partial charge in [-0.2, -0.15) is 0 Å². The maximum Gasteiger partial charge on any atom is 0.469 e. The zero-order valence-corrected chi connectivity index (χ0v) is 13.8. The first-order valence-corrected chi connectivity index (χ1v) is 8.75. The van der Waals surface area contributed by atoms with Crippen LogP contribution in [-0.2, 0) is 25.0 Å². The summed E-state index contributed by atoms with van der Waals surface area (Å²) in [6.45, 7) is 0.815. The standard InChI is InChI=1S/C12H16N3O9P/c1-4-13-10-5(11(19)14-4)2-7(16)15(10)12-9(18)8(17)6(24-12)3-23-25(20,21)22/h6,8-9,12,17-18H,2-3H2,1H3,(H,13,14,19)(H2,20,21,22)/t6?,8-,9-,12-/m1/s1. The number of ether oxygens (including phenoxy) is 1. The molecule has 25 heavy (non-hydrogen) atoms. The van der Waals surface area contributed by atoms with Crippen LogP contribution in [0.4, 0.5) is 5.82 Å². The van der Waals surface area contributed by atoms with E-state index in [0.717, 1.165) is 4.90 Å². The number of fused-ring (bicyclic) bond motifs is 1. The van der Waals surface area contributed by atoms with E-state index in [4.69, 9.17) is 14.5 Å². The molecule has 3 rings (SSSR count). The Morgan fingerprint density at radius 1 is 1.36 bits per heavy atom. The quantitative estimate of drug-likeness (QED) is 0.352. The van der Waals surface area contributed by atoms with Crippen molar-refractivity contribution in [3.63, 3.8) is 0 Å². The molecule has 1 saturated heterocycles. The van der Waals surface area contributed by atoms with Gasteiger partial charge in [0, 0.05) is 0 Å². The highest BCUT2D eigenvalue weighted by atomic mass is 31.2. The lowest BCUT2D eigenvalue weighted by atomic mass is 10.1. The number of amides is 1. The summed E-state index contributed by atoms with van der Waals surface area (Å²) in [6, 6.07) is 0. The van der Waals surface area contributed by atoms with Crippen LogP contribution in [-0.4, -0.2) is 67.0 Å². The number of carbonyl (C=O) groups excluding carboxylic acids is 1. The molecule has 13 heteroatoms. The van der Waals surface area contributed by atoms with Crippen LogP contribution in [0.25, 0.3) is 0 Å². The molecule has 1 amide bonds. The molecule has 1 aromatic heterocycles. The fraction of sp³-hybridized carbons (Fsp3) is 0.583. The van der Waals surface area contributed by atoms with Gasteiger partial charge in [-0.05, 0) is 6.92 Å². The number of rotatable bonds is 4. The van der Waals surface area contributed by atoms with E-state index < -0.39 is 50.4 Å². The Morgan fingerprint density at radius 2 is 2.04 bits per heavy atom. The Labute approximate surface area is 140 Å². The van der Waals surface area contributed by atoms with Gasteiger partial charge in [-0.1, -0.05) is 0 Å². The molecule has 0 radical (unpaired) electrons. The Bertz CT molecular complexity index is 806. The molecule has 5 N–H and O–H groups in total. The number of phosphoric ester groups is 1. The van der Waals surface area contributed by atoms with Gasteiger partial charge < -0.3 is 29.7 Å². The third kappa shape index (κ3) is 3.37. The number of aryl methyl sites for hydroxylation is 1. The van der Waals surface area contributed by atoms with E-state index in [0.29, 0.717) is 0 Å². The number of aromatic nitrogens is 2. The summed E-state index contributed by atoms with van der Waals surface area (Å²) in [6.07, 6.45) is -6.04. The van der Waals surface area contributed by atoms with Gasteiger partial charge in [0.15, 0.2) is 6.23 Å². The number of carbonyl (C=O) groups is 1. The lowest BCUT2D eigenvalue weighted by Gasteiger charge is -2.26. The number of nitrogens with zero attached hydrogens (tertiary/aromatic N) is 2. The minimum absolute atomic E-state index is 0.0130. The van der Waals surface area contributed by atoms with Crippen molar-refractivity contribution >= 4 is 19.5 Å². The molecule has 0 spiro atoms. The van der Waals surface area contributed by atoms with Crippen LogP contribution in [0.2, 0.25) is 0 Å². The van der Waals surface area contributed by atoms with Crippen LogP contribution < -0.4 is 10.5 Å². The number of aliphatic hydroxyl groups excluding tert-OH is 2. The molecule has 4 atom stereocenters. The molecule has 0 aromatic carbocycles. The summed E-state index contributed by atoms with van der Waals surface area (Å²) in [5, 5.41) is 20.2. The van der Waals surface area contributed by atoms with Crippen molar-refractivity contribution < 1.29 is 38.6 Å². The second-order valence-electron chi connectivity index (χ2n) is 5.73. The van der Waals surface area contributed by atoms with Gasteiger partial charge in [0.25, 0.3) is 5.56 Å². The van der Waals surface area contributed by atoms with Crippen LogP contribution in [0.5, 0.6) is 0 Å². The number of phosphoric acid groups is 1.